The summed E-state index contributed by atoms with van der Waals surface area (Å²) in [5, 5.41) is 16.7. The predicted octanol–water partition coefficient (Wildman–Crippen LogP) is 2.20. The zero-order valence-electron chi connectivity index (χ0n) is 16.4. The molecule has 2 bridgehead atoms. The number of aromatic nitrogens is 7. The van der Waals surface area contributed by atoms with Crippen molar-refractivity contribution in [2.24, 2.45) is 7.05 Å². The minimum Gasteiger partial charge on any atom is -0.371 e. The Morgan fingerprint density at radius 2 is 2.00 bits per heavy atom. The molecule has 148 valence electrons. The van der Waals surface area contributed by atoms with Gasteiger partial charge >= 0.3 is 0 Å². The number of hydrogen-bond acceptors (Lipinski definition) is 6. The molecule has 0 amide bonds. The molecule has 0 radical (unpaired) electrons. The Hall–Kier alpha value is -3.20. The maximum atomic E-state index is 6.02. The third-order valence-electron chi connectivity index (χ3n) is 5.90. The summed E-state index contributed by atoms with van der Waals surface area (Å²) in [5.74, 6) is 1.69. The molecule has 1 N–H and O–H groups in total. The molecular weight excluding hydrogens is 368 g/mol. The summed E-state index contributed by atoms with van der Waals surface area (Å²) < 4.78 is 9.83. The van der Waals surface area contributed by atoms with Gasteiger partial charge in [-0.3, -0.25) is 9.78 Å². The van der Waals surface area contributed by atoms with Crippen LogP contribution in [0.25, 0.3) is 28.3 Å². The molecule has 4 aromatic heterocycles. The fourth-order valence-corrected chi connectivity index (χ4v) is 4.48. The molecule has 9 heteroatoms. The van der Waals surface area contributed by atoms with E-state index in [4.69, 9.17) is 9.84 Å². The Balaban J connectivity index is 1.55. The van der Waals surface area contributed by atoms with Crippen molar-refractivity contribution in [1.29, 1.82) is 0 Å². The lowest BCUT2D eigenvalue weighted by Gasteiger charge is -2.33. The highest BCUT2D eigenvalue weighted by atomic mass is 16.5. The topological polar surface area (TPSA) is 89.2 Å². The molecule has 2 aliphatic heterocycles. The maximum absolute atomic E-state index is 6.02. The Morgan fingerprint density at radius 1 is 1.17 bits per heavy atom. The van der Waals surface area contributed by atoms with Crippen LogP contribution in [0.5, 0.6) is 0 Å². The second kappa shape index (κ2) is 6.15. The fraction of sp³-hybridized carbons (Fsp3) is 0.400. The first-order valence-corrected chi connectivity index (χ1v) is 9.95. The number of hydrogen-bond donors (Lipinski definition) is 1. The maximum Gasteiger partial charge on any atom is 0.179 e. The van der Waals surface area contributed by atoms with Crippen LogP contribution >= 0.6 is 0 Å². The first-order valence-electron chi connectivity index (χ1n) is 9.95. The van der Waals surface area contributed by atoms with Crippen molar-refractivity contribution < 1.29 is 4.74 Å². The summed E-state index contributed by atoms with van der Waals surface area (Å²) in [6.45, 7) is 3.69. The van der Waals surface area contributed by atoms with Crippen LogP contribution in [-0.2, 0) is 11.8 Å². The van der Waals surface area contributed by atoms with Gasteiger partial charge in [-0.25, -0.2) is 9.50 Å². The number of nitrogens with one attached hydrogen (secondary N) is 1. The van der Waals surface area contributed by atoms with Crippen LogP contribution in [0.4, 0.5) is 5.82 Å². The summed E-state index contributed by atoms with van der Waals surface area (Å²) in [6, 6.07) is 6.16. The number of aryl methyl sites for hydroxylation is 2. The zero-order chi connectivity index (χ0) is 19.5. The molecule has 6 rings (SSSR count). The third kappa shape index (κ3) is 2.65. The van der Waals surface area contributed by atoms with E-state index in [-0.39, 0.29) is 0 Å². The van der Waals surface area contributed by atoms with Crippen molar-refractivity contribution in [2.75, 3.05) is 18.0 Å². The Labute approximate surface area is 167 Å². The Morgan fingerprint density at radius 3 is 2.69 bits per heavy atom. The van der Waals surface area contributed by atoms with Crippen molar-refractivity contribution >= 4 is 11.3 Å². The van der Waals surface area contributed by atoms with Gasteiger partial charge in [0.25, 0.3) is 0 Å². The Bertz CT molecular complexity index is 1190. The van der Waals surface area contributed by atoms with Crippen LogP contribution in [0.2, 0.25) is 0 Å². The van der Waals surface area contributed by atoms with Crippen molar-refractivity contribution in [3.05, 3.63) is 36.3 Å². The number of ether oxygens (including phenoxy) is 1. The van der Waals surface area contributed by atoms with Crippen molar-refractivity contribution in [1.82, 2.24) is 34.6 Å². The van der Waals surface area contributed by atoms with Crippen LogP contribution in [0, 0.1) is 6.92 Å². The summed E-state index contributed by atoms with van der Waals surface area (Å²) in [7, 11) is 1.95. The van der Waals surface area contributed by atoms with Crippen LogP contribution < -0.4 is 4.90 Å². The standard InChI is InChI=1S/C20H22N8O/c1-12-7-16(24-23-12)20-21-9-18-15(17-5-6-22-26(17)2)8-19(25-28(18)20)27-10-13-3-4-14(11-27)29-13/h5-9,13-14H,3-4,10-11H2,1-2H3,(H,23,24). The van der Waals surface area contributed by atoms with Crippen molar-refractivity contribution in [3.63, 3.8) is 0 Å². The molecule has 2 fully saturated rings. The lowest BCUT2D eigenvalue weighted by molar-refractivity contribution is 0.0301. The van der Waals surface area contributed by atoms with Crippen molar-refractivity contribution in [2.45, 2.75) is 32.0 Å². The second-order valence-electron chi connectivity index (χ2n) is 7.92. The first-order chi connectivity index (χ1) is 14.2. The van der Waals surface area contributed by atoms with Crippen LogP contribution in [0.3, 0.4) is 0 Å². The molecule has 2 aliphatic rings. The lowest BCUT2D eigenvalue weighted by atomic mass is 10.1. The number of fused-ring (bicyclic) bond motifs is 3. The summed E-state index contributed by atoms with van der Waals surface area (Å²) in [4.78, 5) is 7.00. The minimum atomic E-state index is 0.295. The van der Waals surface area contributed by atoms with Gasteiger partial charge in [0.2, 0.25) is 0 Å². The van der Waals surface area contributed by atoms with Crippen LogP contribution in [-0.4, -0.2) is 59.9 Å². The highest BCUT2D eigenvalue weighted by Gasteiger charge is 2.34. The van der Waals surface area contributed by atoms with E-state index < -0.39 is 0 Å². The monoisotopic (exact) mass is 390 g/mol. The van der Waals surface area contributed by atoms with Gasteiger partial charge in [-0.15, -0.1) is 5.10 Å². The lowest BCUT2D eigenvalue weighted by Crippen LogP contribution is -2.43. The summed E-state index contributed by atoms with van der Waals surface area (Å²) in [5.41, 5.74) is 4.80. The van der Waals surface area contributed by atoms with E-state index in [2.05, 4.69) is 31.2 Å². The van der Waals surface area contributed by atoms with Crippen LogP contribution in [0.15, 0.2) is 30.6 Å². The van der Waals surface area contributed by atoms with Gasteiger partial charge in [-0.2, -0.15) is 10.2 Å². The van der Waals surface area contributed by atoms with Gasteiger partial charge in [0, 0.05) is 31.9 Å². The van der Waals surface area contributed by atoms with Gasteiger partial charge in [0.05, 0.1) is 35.3 Å². The molecule has 2 saturated heterocycles. The molecule has 0 aromatic carbocycles. The summed E-state index contributed by atoms with van der Waals surface area (Å²) in [6.07, 6.45) is 6.53. The molecule has 0 saturated carbocycles. The van der Waals surface area contributed by atoms with E-state index in [1.54, 1.807) is 0 Å². The number of anilines is 1. The molecule has 0 aliphatic carbocycles. The number of morpholine rings is 1. The molecule has 6 heterocycles. The van der Waals surface area contributed by atoms with E-state index >= 15 is 0 Å². The van der Waals surface area contributed by atoms with E-state index in [0.717, 1.165) is 65.7 Å². The largest absolute Gasteiger partial charge is 0.371 e. The van der Waals surface area contributed by atoms with E-state index in [1.807, 2.05) is 47.7 Å². The quantitative estimate of drug-likeness (QED) is 0.577. The molecular formula is C20H22N8O. The molecule has 9 nitrogen and oxygen atoms in total. The normalized spacial score (nSPS) is 21.4. The zero-order valence-corrected chi connectivity index (χ0v) is 16.4. The number of imidazole rings is 1. The number of aromatic amines is 1. The highest BCUT2D eigenvalue weighted by molar-refractivity contribution is 5.81. The smallest absolute Gasteiger partial charge is 0.179 e. The minimum absolute atomic E-state index is 0.295. The second-order valence-corrected chi connectivity index (χ2v) is 7.92. The van der Waals surface area contributed by atoms with E-state index in [0.29, 0.717) is 12.2 Å². The molecule has 4 aromatic rings. The van der Waals surface area contributed by atoms with E-state index in [9.17, 15) is 0 Å². The molecule has 0 spiro atoms. The average molecular weight is 390 g/mol. The number of H-pyrrole nitrogens is 1. The summed E-state index contributed by atoms with van der Waals surface area (Å²) >= 11 is 0. The van der Waals surface area contributed by atoms with Gasteiger partial charge in [0.15, 0.2) is 5.82 Å². The van der Waals surface area contributed by atoms with Gasteiger partial charge < -0.3 is 9.64 Å². The molecule has 2 atom stereocenters. The molecule has 29 heavy (non-hydrogen) atoms. The van der Waals surface area contributed by atoms with E-state index in [1.165, 1.54) is 0 Å². The average Bonchev–Trinajstić information content (AvgIpc) is 3.49. The van der Waals surface area contributed by atoms with Crippen molar-refractivity contribution in [3.8, 4) is 22.8 Å². The van der Waals surface area contributed by atoms with Gasteiger partial charge in [0.1, 0.15) is 11.5 Å². The SMILES string of the molecule is Cc1cc(-c2ncc3c(-c4ccnn4C)cc(N4CC5CCC(C4)O5)nn23)[nH]n1. The van der Waals surface area contributed by atoms with Gasteiger partial charge in [-0.1, -0.05) is 0 Å². The predicted molar refractivity (Wildman–Crippen MR) is 108 cm³/mol. The molecule has 2 unspecified atom stereocenters. The number of rotatable bonds is 3. The number of nitrogens with zero attached hydrogens (tertiary/aromatic N) is 7. The Kier molecular flexibility index (Phi) is 3.55. The fourth-order valence-electron chi connectivity index (χ4n) is 4.48. The van der Waals surface area contributed by atoms with Gasteiger partial charge in [-0.05, 0) is 38.0 Å². The highest BCUT2D eigenvalue weighted by Crippen LogP contribution is 2.33. The van der Waals surface area contributed by atoms with Crippen LogP contribution in [0.1, 0.15) is 18.5 Å². The first kappa shape index (κ1) is 16.7. The third-order valence-corrected chi connectivity index (χ3v) is 5.90.